The monoisotopic (exact) mass is 304 g/mol. The zero-order valence-electron chi connectivity index (χ0n) is 11.5. The second kappa shape index (κ2) is 5.88. The van der Waals surface area contributed by atoms with Gasteiger partial charge in [-0.15, -0.1) is 5.10 Å². The summed E-state index contributed by atoms with van der Waals surface area (Å²) in [5, 5.41) is 15.3. The molecule has 0 saturated carbocycles. The van der Waals surface area contributed by atoms with Crippen LogP contribution in [0.15, 0.2) is 24.3 Å². The number of carbonyl (C=O) groups excluding carboxylic acids is 2. The number of rotatable bonds is 4. The molecule has 2 heterocycles. The van der Waals surface area contributed by atoms with E-state index in [9.17, 15) is 14.0 Å². The molecule has 22 heavy (non-hydrogen) atoms. The van der Waals surface area contributed by atoms with E-state index in [-0.39, 0.29) is 43.1 Å². The molecule has 1 aromatic heterocycles. The van der Waals surface area contributed by atoms with E-state index in [4.69, 9.17) is 0 Å². The summed E-state index contributed by atoms with van der Waals surface area (Å²) in [6, 6.07) is 6.05. The van der Waals surface area contributed by atoms with Gasteiger partial charge in [0.1, 0.15) is 5.82 Å². The van der Waals surface area contributed by atoms with Gasteiger partial charge in [-0.2, -0.15) is 5.21 Å². The van der Waals surface area contributed by atoms with E-state index < -0.39 is 5.92 Å². The minimum Gasteiger partial charge on any atom is -0.338 e. The molecule has 1 aliphatic heterocycles. The third kappa shape index (κ3) is 3.08. The lowest BCUT2D eigenvalue weighted by Crippen LogP contribution is -2.28. The molecular weight excluding hydrogens is 291 g/mol. The lowest BCUT2D eigenvalue weighted by atomic mass is 10.1. The van der Waals surface area contributed by atoms with E-state index in [2.05, 4.69) is 25.9 Å². The van der Waals surface area contributed by atoms with E-state index >= 15 is 0 Å². The molecule has 9 heteroatoms. The van der Waals surface area contributed by atoms with Crippen LogP contribution in [0.25, 0.3) is 0 Å². The summed E-state index contributed by atoms with van der Waals surface area (Å²) >= 11 is 0. The highest BCUT2D eigenvalue weighted by molar-refractivity contribution is 5.96. The van der Waals surface area contributed by atoms with Crippen LogP contribution in [0.3, 0.4) is 0 Å². The van der Waals surface area contributed by atoms with Crippen molar-refractivity contribution < 1.29 is 14.0 Å². The number of aromatic nitrogens is 4. The zero-order chi connectivity index (χ0) is 15.5. The van der Waals surface area contributed by atoms with Crippen LogP contribution in [0.1, 0.15) is 12.0 Å². The van der Waals surface area contributed by atoms with Gasteiger partial charge in [0.15, 0.2) is 0 Å². The molecule has 0 spiro atoms. The molecule has 0 bridgehead atoms. The van der Waals surface area contributed by atoms with Crippen LogP contribution in [0.5, 0.6) is 0 Å². The number of aromatic amines is 1. The van der Waals surface area contributed by atoms with Gasteiger partial charge in [-0.1, -0.05) is 17.2 Å². The van der Waals surface area contributed by atoms with Gasteiger partial charge >= 0.3 is 0 Å². The van der Waals surface area contributed by atoms with Crippen molar-refractivity contribution in [1.82, 2.24) is 25.5 Å². The van der Waals surface area contributed by atoms with E-state index in [1.54, 1.807) is 12.1 Å². The van der Waals surface area contributed by atoms with E-state index in [0.29, 0.717) is 5.56 Å². The quantitative estimate of drug-likeness (QED) is 0.847. The fourth-order valence-electron chi connectivity index (χ4n) is 2.38. The average Bonchev–Trinajstić information content (AvgIpc) is 3.10. The molecule has 2 N–H and O–H groups in total. The number of likely N-dealkylation sites (tertiary alicyclic amines) is 1. The highest BCUT2D eigenvalue weighted by Gasteiger charge is 2.34. The first kappa shape index (κ1) is 14.1. The molecule has 2 amide bonds. The topological polar surface area (TPSA) is 104 Å². The maximum atomic E-state index is 13.2. The predicted molar refractivity (Wildman–Crippen MR) is 72.7 cm³/mol. The Labute approximate surface area is 124 Å². The SMILES string of the molecule is O=C(Nc1nn[nH]n1)[C@H]1CC(=O)N(Cc2cccc(F)c2)C1. The van der Waals surface area contributed by atoms with Crippen molar-refractivity contribution in [2.45, 2.75) is 13.0 Å². The molecule has 1 atom stereocenters. The minimum atomic E-state index is -0.487. The Balaban J connectivity index is 1.62. The summed E-state index contributed by atoms with van der Waals surface area (Å²) < 4.78 is 13.2. The van der Waals surface area contributed by atoms with Crippen molar-refractivity contribution in [1.29, 1.82) is 0 Å². The van der Waals surface area contributed by atoms with Gasteiger partial charge in [-0.25, -0.2) is 4.39 Å². The second-order valence-corrected chi connectivity index (χ2v) is 5.03. The van der Waals surface area contributed by atoms with Crippen molar-refractivity contribution in [2.24, 2.45) is 5.92 Å². The summed E-state index contributed by atoms with van der Waals surface area (Å²) in [6.45, 7) is 0.557. The standard InChI is InChI=1S/C13H13FN6O2/c14-10-3-1-2-8(4-10)6-20-7-9(5-11(20)21)12(22)15-13-16-18-19-17-13/h1-4,9H,5-7H2,(H2,15,16,17,18,19,22)/t9-/m0/s1. The number of amides is 2. The lowest BCUT2D eigenvalue weighted by Gasteiger charge is -2.16. The van der Waals surface area contributed by atoms with Crippen molar-refractivity contribution >= 4 is 17.8 Å². The van der Waals surface area contributed by atoms with E-state index in [1.807, 2.05) is 0 Å². The normalized spacial score (nSPS) is 17.8. The van der Waals surface area contributed by atoms with Gasteiger partial charge in [-0.3, -0.25) is 14.9 Å². The summed E-state index contributed by atoms with van der Waals surface area (Å²) in [5.41, 5.74) is 0.688. The Kier molecular flexibility index (Phi) is 3.77. The van der Waals surface area contributed by atoms with Crippen LogP contribution in [0.2, 0.25) is 0 Å². The number of nitrogens with one attached hydrogen (secondary N) is 2. The van der Waals surface area contributed by atoms with Gasteiger partial charge in [0.25, 0.3) is 5.95 Å². The molecule has 0 radical (unpaired) electrons. The van der Waals surface area contributed by atoms with Crippen LogP contribution in [0.4, 0.5) is 10.3 Å². The van der Waals surface area contributed by atoms with E-state index in [1.165, 1.54) is 17.0 Å². The average molecular weight is 304 g/mol. The number of H-pyrrole nitrogens is 1. The second-order valence-electron chi connectivity index (χ2n) is 5.03. The molecule has 0 unspecified atom stereocenters. The maximum Gasteiger partial charge on any atom is 0.269 e. The molecule has 1 aromatic carbocycles. The molecule has 0 aliphatic carbocycles. The van der Waals surface area contributed by atoms with Gasteiger partial charge < -0.3 is 4.90 Å². The molecule has 114 valence electrons. The van der Waals surface area contributed by atoms with E-state index in [0.717, 1.165) is 0 Å². The number of tetrazole rings is 1. The zero-order valence-corrected chi connectivity index (χ0v) is 11.5. The number of halogens is 1. The van der Waals surface area contributed by atoms with Crippen LogP contribution < -0.4 is 5.32 Å². The number of hydrogen-bond donors (Lipinski definition) is 2. The Morgan fingerprint density at radius 2 is 2.36 bits per heavy atom. The maximum absolute atomic E-state index is 13.2. The molecule has 1 saturated heterocycles. The number of benzene rings is 1. The predicted octanol–water partition coefficient (Wildman–Crippen LogP) is 0.326. The van der Waals surface area contributed by atoms with Crippen molar-refractivity contribution in [2.75, 3.05) is 11.9 Å². The van der Waals surface area contributed by atoms with Crippen LogP contribution in [-0.2, 0) is 16.1 Å². The largest absolute Gasteiger partial charge is 0.338 e. The number of hydrogen-bond acceptors (Lipinski definition) is 5. The Morgan fingerprint density at radius 1 is 1.50 bits per heavy atom. The number of carbonyl (C=O) groups is 2. The first-order valence-corrected chi connectivity index (χ1v) is 6.68. The lowest BCUT2D eigenvalue weighted by molar-refractivity contribution is -0.128. The summed E-state index contributed by atoms with van der Waals surface area (Å²) in [6.07, 6.45) is 0.110. The smallest absolute Gasteiger partial charge is 0.269 e. The van der Waals surface area contributed by atoms with Gasteiger partial charge in [0.2, 0.25) is 11.8 Å². The van der Waals surface area contributed by atoms with Gasteiger partial charge in [0, 0.05) is 19.5 Å². The third-order valence-electron chi connectivity index (χ3n) is 3.43. The van der Waals surface area contributed by atoms with Gasteiger partial charge in [-0.05, 0) is 22.9 Å². The number of nitrogens with zero attached hydrogens (tertiary/aromatic N) is 4. The summed E-state index contributed by atoms with van der Waals surface area (Å²) in [5.74, 6) is -1.25. The Hall–Kier alpha value is -2.84. The highest BCUT2D eigenvalue weighted by Crippen LogP contribution is 2.21. The first-order chi connectivity index (χ1) is 10.6. The summed E-state index contributed by atoms with van der Waals surface area (Å²) in [7, 11) is 0. The van der Waals surface area contributed by atoms with Crippen molar-refractivity contribution in [3.8, 4) is 0 Å². The minimum absolute atomic E-state index is 0.0704. The Morgan fingerprint density at radius 3 is 3.09 bits per heavy atom. The Bertz CT molecular complexity index is 690. The van der Waals surface area contributed by atoms with Crippen LogP contribution in [-0.4, -0.2) is 43.9 Å². The molecule has 8 nitrogen and oxygen atoms in total. The fourth-order valence-corrected chi connectivity index (χ4v) is 2.38. The molecule has 2 aromatic rings. The highest BCUT2D eigenvalue weighted by atomic mass is 19.1. The van der Waals surface area contributed by atoms with Crippen molar-refractivity contribution in [3.63, 3.8) is 0 Å². The number of anilines is 1. The summed E-state index contributed by atoms with van der Waals surface area (Å²) in [4.78, 5) is 25.6. The van der Waals surface area contributed by atoms with Crippen LogP contribution >= 0.6 is 0 Å². The molecule has 3 rings (SSSR count). The third-order valence-corrected chi connectivity index (χ3v) is 3.43. The van der Waals surface area contributed by atoms with Gasteiger partial charge in [0.05, 0.1) is 5.92 Å². The fraction of sp³-hybridized carbons (Fsp3) is 0.308. The molecule has 1 fully saturated rings. The van der Waals surface area contributed by atoms with Crippen LogP contribution in [0, 0.1) is 11.7 Å². The van der Waals surface area contributed by atoms with Crippen molar-refractivity contribution in [3.05, 3.63) is 35.6 Å². The molecule has 1 aliphatic rings. The molecular formula is C13H13FN6O2. The first-order valence-electron chi connectivity index (χ1n) is 6.68.